The molecule has 0 saturated carbocycles. The Bertz CT molecular complexity index is 610. The Morgan fingerprint density at radius 3 is 2.33 bits per heavy atom. The van der Waals surface area contributed by atoms with Crippen LogP contribution in [0.2, 0.25) is 0 Å². The number of amides is 2. The van der Waals surface area contributed by atoms with Crippen molar-refractivity contribution in [2.75, 3.05) is 44.6 Å². The quantitative estimate of drug-likeness (QED) is 0.812. The first-order valence-electron chi connectivity index (χ1n) is 8.06. The average Bonchev–Trinajstić information content (AvgIpc) is 2.60. The van der Waals surface area contributed by atoms with Gasteiger partial charge in [-0.1, -0.05) is 12.1 Å². The summed E-state index contributed by atoms with van der Waals surface area (Å²) in [5, 5.41) is 3.01. The summed E-state index contributed by atoms with van der Waals surface area (Å²) >= 11 is 0. The van der Waals surface area contributed by atoms with E-state index in [0.29, 0.717) is 44.0 Å². The number of nitrogens with one attached hydrogen (secondary N) is 1. The van der Waals surface area contributed by atoms with E-state index in [4.69, 9.17) is 4.74 Å². The van der Waals surface area contributed by atoms with Gasteiger partial charge in [-0.05, 0) is 19.1 Å². The van der Waals surface area contributed by atoms with Crippen molar-refractivity contribution in [3.63, 3.8) is 0 Å². The average molecular weight is 333 g/mol. The van der Waals surface area contributed by atoms with Gasteiger partial charge in [0.25, 0.3) is 0 Å². The van der Waals surface area contributed by atoms with Gasteiger partial charge in [-0.2, -0.15) is 0 Å². The molecule has 0 aliphatic carbocycles. The Labute approximate surface area is 141 Å². The maximum Gasteiger partial charge on any atom is 0.340 e. The number of carbonyl (C=O) groups is 3. The van der Waals surface area contributed by atoms with E-state index in [1.165, 1.54) is 6.92 Å². The molecule has 1 saturated heterocycles. The van der Waals surface area contributed by atoms with Gasteiger partial charge in [0.15, 0.2) is 0 Å². The third-order valence-electron chi connectivity index (χ3n) is 3.93. The van der Waals surface area contributed by atoms with Crippen LogP contribution in [0.15, 0.2) is 24.3 Å². The molecule has 0 radical (unpaired) electrons. The van der Waals surface area contributed by atoms with Crippen LogP contribution in [0.1, 0.15) is 24.2 Å². The van der Waals surface area contributed by atoms with Gasteiger partial charge in [-0.25, -0.2) is 4.79 Å². The lowest BCUT2D eigenvalue weighted by atomic mass is 10.2. The molecule has 0 atom stereocenters. The second kappa shape index (κ2) is 8.33. The molecule has 1 aliphatic heterocycles. The topological polar surface area (TPSA) is 79.0 Å². The summed E-state index contributed by atoms with van der Waals surface area (Å²) in [6, 6.07) is 6.95. The van der Waals surface area contributed by atoms with E-state index in [1.807, 2.05) is 0 Å². The fourth-order valence-corrected chi connectivity index (χ4v) is 2.58. The van der Waals surface area contributed by atoms with Gasteiger partial charge in [0.1, 0.15) is 0 Å². The van der Waals surface area contributed by atoms with Crippen molar-refractivity contribution < 1.29 is 19.1 Å². The Hall–Kier alpha value is -2.57. The molecule has 1 fully saturated rings. The third-order valence-corrected chi connectivity index (χ3v) is 3.93. The maximum atomic E-state index is 12.3. The molecule has 1 N–H and O–H groups in total. The second-order valence-corrected chi connectivity index (χ2v) is 5.51. The Morgan fingerprint density at radius 2 is 1.71 bits per heavy atom. The fourth-order valence-electron chi connectivity index (χ4n) is 2.58. The van der Waals surface area contributed by atoms with Crippen LogP contribution >= 0.6 is 0 Å². The zero-order valence-electron chi connectivity index (χ0n) is 14.1. The van der Waals surface area contributed by atoms with Crippen molar-refractivity contribution >= 4 is 23.5 Å². The molecule has 1 aromatic carbocycles. The summed E-state index contributed by atoms with van der Waals surface area (Å²) in [7, 11) is 0. The smallest absolute Gasteiger partial charge is 0.340 e. The lowest BCUT2D eigenvalue weighted by Gasteiger charge is -2.34. The molecule has 2 amide bonds. The highest BCUT2D eigenvalue weighted by atomic mass is 16.5. The molecule has 0 bridgehead atoms. The lowest BCUT2D eigenvalue weighted by Crippen LogP contribution is -2.51. The first kappa shape index (κ1) is 17.8. The number of hydrogen-bond acceptors (Lipinski definition) is 5. The fraction of sp³-hybridized carbons (Fsp3) is 0.471. The third kappa shape index (κ3) is 4.47. The van der Waals surface area contributed by atoms with E-state index in [9.17, 15) is 14.4 Å². The Morgan fingerprint density at radius 1 is 1.08 bits per heavy atom. The van der Waals surface area contributed by atoms with E-state index in [-0.39, 0.29) is 18.4 Å². The number of piperazine rings is 1. The molecule has 7 heteroatoms. The number of esters is 1. The van der Waals surface area contributed by atoms with Gasteiger partial charge in [0.05, 0.1) is 18.7 Å². The van der Waals surface area contributed by atoms with Crippen LogP contribution in [-0.4, -0.2) is 66.9 Å². The molecule has 1 aliphatic rings. The minimum Gasteiger partial charge on any atom is -0.462 e. The molecule has 7 nitrogen and oxygen atoms in total. The van der Waals surface area contributed by atoms with Crippen LogP contribution in [0, 0.1) is 0 Å². The summed E-state index contributed by atoms with van der Waals surface area (Å²) in [6.07, 6.45) is 0. The first-order chi connectivity index (χ1) is 11.5. The number of ether oxygens (including phenoxy) is 1. The van der Waals surface area contributed by atoms with Crippen LogP contribution in [0.5, 0.6) is 0 Å². The number of para-hydroxylation sites is 1. The highest BCUT2D eigenvalue weighted by molar-refractivity contribution is 5.96. The van der Waals surface area contributed by atoms with Crippen molar-refractivity contribution in [2.45, 2.75) is 13.8 Å². The van der Waals surface area contributed by atoms with E-state index < -0.39 is 5.97 Å². The summed E-state index contributed by atoms with van der Waals surface area (Å²) in [6.45, 7) is 5.84. The summed E-state index contributed by atoms with van der Waals surface area (Å²) < 4.78 is 5.01. The molecular formula is C17H23N3O4. The molecule has 0 aromatic heterocycles. The van der Waals surface area contributed by atoms with Crippen LogP contribution < -0.4 is 5.32 Å². The van der Waals surface area contributed by atoms with Gasteiger partial charge in [-0.3, -0.25) is 9.59 Å². The molecule has 0 spiro atoms. The number of rotatable bonds is 5. The Balaban J connectivity index is 1.91. The van der Waals surface area contributed by atoms with Gasteiger partial charge in [0.2, 0.25) is 11.8 Å². The van der Waals surface area contributed by atoms with Crippen LogP contribution in [0.3, 0.4) is 0 Å². The number of carbonyl (C=O) groups excluding carboxylic acids is 3. The van der Waals surface area contributed by atoms with Crippen molar-refractivity contribution in [3.8, 4) is 0 Å². The normalized spacial score (nSPS) is 14.2. The highest BCUT2D eigenvalue weighted by Crippen LogP contribution is 2.16. The van der Waals surface area contributed by atoms with Crippen molar-refractivity contribution in [1.82, 2.24) is 9.80 Å². The summed E-state index contributed by atoms with van der Waals surface area (Å²) in [5.74, 6) is -0.441. The van der Waals surface area contributed by atoms with Gasteiger partial charge < -0.3 is 19.9 Å². The van der Waals surface area contributed by atoms with Crippen molar-refractivity contribution in [1.29, 1.82) is 0 Å². The first-order valence-corrected chi connectivity index (χ1v) is 8.06. The van der Waals surface area contributed by atoms with Crippen LogP contribution in [0.4, 0.5) is 5.69 Å². The molecule has 1 heterocycles. The van der Waals surface area contributed by atoms with Crippen LogP contribution in [0.25, 0.3) is 0 Å². The molecule has 0 unspecified atom stereocenters. The van der Waals surface area contributed by atoms with Gasteiger partial charge >= 0.3 is 5.97 Å². The number of benzene rings is 1. The standard InChI is InChI=1S/C17H23N3O4/c1-3-24-17(23)14-6-4-5-7-15(14)18-12-16(22)20-10-8-19(9-11-20)13(2)21/h4-7,18H,3,8-12H2,1-2H3. The number of hydrogen-bond donors (Lipinski definition) is 1. The van der Waals surface area contributed by atoms with Crippen LogP contribution in [-0.2, 0) is 14.3 Å². The van der Waals surface area contributed by atoms with E-state index in [1.54, 1.807) is 41.0 Å². The Kier molecular flexibility index (Phi) is 6.17. The highest BCUT2D eigenvalue weighted by Gasteiger charge is 2.22. The molecule has 24 heavy (non-hydrogen) atoms. The minimum atomic E-state index is -0.414. The van der Waals surface area contributed by atoms with Crippen molar-refractivity contribution in [3.05, 3.63) is 29.8 Å². The number of nitrogens with zero attached hydrogens (tertiary/aromatic N) is 2. The predicted octanol–water partition coefficient (Wildman–Crippen LogP) is 0.966. The minimum absolute atomic E-state index is 0.0311. The SMILES string of the molecule is CCOC(=O)c1ccccc1NCC(=O)N1CCN(C(C)=O)CC1. The van der Waals surface area contributed by atoms with E-state index >= 15 is 0 Å². The maximum absolute atomic E-state index is 12.3. The molecule has 130 valence electrons. The summed E-state index contributed by atoms with van der Waals surface area (Å²) in [4.78, 5) is 39.0. The lowest BCUT2D eigenvalue weighted by molar-refractivity contribution is -0.137. The van der Waals surface area contributed by atoms with Crippen molar-refractivity contribution in [2.24, 2.45) is 0 Å². The van der Waals surface area contributed by atoms with Gasteiger partial charge in [0, 0.05) is 38.8 Å². The monoisotopic (exact) mass is 333 g/mol. The zero-order valence-corrected chi connectivity index (χ0v) is 14.1. The second-order valence-electron chi connectivity index (χ2n) is 5.51. The molecule has 1 aromatic rings. The number of anilines is 1. The zero-order chi connectivity index (χ0) is 17.5. The van der Waals surface area contributed by atoms with Gasteiger partial charge in [-0.15, -0.1) is 0 Å². The molecular weight excluding hydrogens is 310 g/mol. The predicted molar refractivity (Wildman–Crippen MR) is 89.7 cm³/mol. The van der Waals surface area contributed by atoms with E-state index in [0.717, 1.165) is 0 Å². The van der Waals surface area contributed by atoms with E-state index in [2.05, 4.69) is 5.32 Å². The largest absolute Gasteiger partial charge is 0.462 e. The molecule has 2 rings (SSSR count). The summed E-state index contributed by atoms with van der Waals surface area (Å²) in [5.41, 5.74) is 0.986.